The average Bonchev–Trinajstić information content (AvgIpc) is 3.39. The predicted molar refractivity (Wildman–Crippen MR) is 143 cm³/mol. The monoisotopic (exact) mass is 480 g/mol. The van der Waals surface area contributed by atoms with Crippen LogP contribution in [-0.4, -0.2) is 15.0 Å². The second kappa shape index (κ2) is 8.58. The summed E-state index contributed by atoms with van der Waals surface area (Å²) in [6, 6.07) is 30.1. The van der Waals surface area contributed by atoms with E-state index in [0.717, 1.165) is 17.7 Å². The van der Waals surface area contributed by atoms with Gasteiger partial charge in [0.2, 0.25) is 0 Å². The second-order valence-electron chi connectivity index (χ2n) is 9.30. The van der Waals surface area contributed by atoms with Crippen molar-refractivity contribution in [3.05, 3.63) is 114 Å². The number of anilines is 2. The third kappa shape index (κ3) is 3.62. The van der Waals surface area contributed by atoms with Gasteiger partial charge in [0.25, 0.3) is 10.0 Å². The summed E-state index contributed by atoms with van der Waals surface area (Å²) in [4.78, 5) is 0.339. The molecule has 0 bridgehead atoms. The van der Waals surface area contributed by atoms with E-state index in [-0.39, 0.29) is 12.0 Å². The molecule has 0 saturated heterocycles. The van der Waals surface area contributed by atoms with Crippen LogP contribution in [0.4, 0.5) is 11.4 Å². The molecule has 6 rings (SSSR count). The first kappa shape index (κ1) is 21.9. The first-order valence-electron chi connectivity index (χ1n) is 12.2. The molecular formula is C30H28N2O2S. The fraction of sp³-hybridized carbons (Fsp3) is 0.200. The first-order chi connectivity index (χ1) is 17.1. The summed E-state index contributed by atoms with van der Waals surface area (Å²) < 4.78 is 28.8. The molecule has 1 aliphatic carbocycles. The smallest absolute Gasteiger partial charge is 0.264 e. The van der Waals surface area contributed by atoms with Gasteiger partial charge in [0.1, 0.15) is 0 Å². The van der Waals surface area contributed by atoms with Crippen molar-refractivity contribution in [1.29, 1.82) is 0 Å². The molecule has 176 valence electrons. The number of benzene rings is 4. The van der Waals surface area contributed by atoms with Gasteiger partial charge in [0.15, 0.2) is 0 Å². The summed E-state index contributed by atoms with van der Waals surface area (Å²) in [5.41, 5.74) is 4.05. The molecule has 4 nitrogen and oxygen atoms in total. The summed E-state index contributed by atoms with van der Waals surface area (Å²) in [5.74, 6) is 0.514. The van der Waals surface area contributed by atoms with E-state index in [1.165, 1.54) is 20.6 Å². The van der Waals surface area contributed by atoms with E-state index in [1.807, 2.05) is 49.4 Å². The molecule has 0 spiro atoms. The fourth-order valence-corrected chi connectivity index (χ4v) is 7.28. The van der Waals surface area contributed by atoms with Crippen molar-refractivity contribution in [2.75, 3.05) is 16.2 Å². The molecule has 1 aliphatic heterocycles. The Labute approximate surface area is 207 Å². The van der Waals surface area contributed by atoms with Crippen molar-refractivity contribution in [3.63, 3.8) is 0 Å². The normalized spacial score (nSPS) is 20.8. The molecule has 0 radical (unpaired) electrons. The minimum absolute atomic E-state index is 0.160. The summed E-state index contributed by atoms with van der Waals surface area (Å²) in [7, 11) is -3.68. The van der Waals surface area contributed by atoms with Gasteiger partial charge < -0.3 is 5.32 Å². The quantitative estimate of drug-likeness (QED) is 0.317. The third-order valence-electron chi connectivity index (χ3n) is 7.41. The van der Waals surface area contributed by atoms with Crippen molar-refractivity contribution in [3.8, 4) is 0 Å². The fourth-order valence-electron chi connectivity index (χ4n) is 5.78. The maximum absolute atomic E-state index is 13.7. The number of hydrogen-bond acceptors (Lipinski definition) is 3. The van der Waals surface area contributed by atoms with Gasteiger partial charge >= 0.3 is 0 Å². The zero-order valence-corrected chi connectivity index (χ0v) is 20.4. The molecule has 4 aromatic carbocycles. The van der Waals surface area contributed by atoms with Crippen molar-refractivity contribution in [2.45, 2.75) is 30.2 Å². The highest BCUT2D eigenvalue weighted by molar-refractivity contribution is 7.92. The Bertz CT molecular complexity index is 1520. The van der Waals surface area contributed by atoms with E-state index >= 15 is 0 Å². The summed E-state index contributed by atoms with van der Waals surface area (Å²) >= 11 is 0. The van der Waals surface area contributed by atoms with Crippen LogP contribution in [0.1, 0.15) is 36.4 Å². The molecule has 0 fully saturated rings. The van der Waals surface area contributed by atoms with Gasteiger partial charge in [-0.3, -0.25) is 4.31 Å². The highest BCUT2D eigenvalue weighted by atomic mass is 32.2. The van der Waals surface area contributed by atoms with Gasteiger partial charge in [-0.15, -0.1) is 0 Å². The van der Waals surface area contributed by atoms with Crippen LogP contribution < -0.4 is 9.62 Å². The molecule has 4 aromatic rings. The number of fused-ring (bicyclic) bond motifs is 4. The Morgan fingerprint density at radius 3 is 2.49 bits per heavy atom. The summed E-state index contributed by atoms with van der Waals surface area (Å²) in [6.45, 7) is 2.24. The molecule has 5 heteroatoms. The predicted octanol–water partition coefficient (Wildman–Crippen LogP) is 6.88. The van der Waals surface area contributed by atoms with Gasteiger partial charge in [-0.2, -0.15) is 0 Å². The van der Waals surface area contributed by atoms with Crippen LogP contribution >= 0.6 is 0 Å². The van der Waals surface area contributed by atoms with Crippen molar-refractivity contribution >= 4 is 32.2 Å². The SMILES string of the molecule is CCN(c1ccccc1)S(=O)(=O)c1ccc2c(c1)C1C=CCC1C(c1cccc3ccccc13)N2. The molecule has 0 aromatic heterocycles. The van der Waals surface area contributed by atoms with Crippen molar-refractivity contribution < 1.29 is 8.42 Å². The minimum Gasteiger partial charge on any atom is -0.378 e. The molecule has 3 unspecified atom stereocenters. The van der Waals surface area contributed by atoms with Crippen LogP contribution in [0.25, 0.3) is 10.8 Å². The van der Waals surface area contributed by atoms with Gasteiger partial charge in [-0.05, 0) is 71.5 Å². The lowest BCUT2D eigenvalue weighted by atomic mass is 9.76. The maximum Gasteiger partial charge on any atom is 0.264 e. The second-order valence-corrected chi connectivity index (χ2v) is 11.2. The summed E-state index contributed by atoms with van der Waals surface area (Å²) in [6.07, 6.45) is 5.47. The number of allylic oxidation sites excluding steroid dienone is 2. The minimum atomic E-state index is -3.68. The Morgan fingerprint density at radius 1 is 0.886 bits per heavy atom. The van der Waals surface area contributed by atoms with Gasteiger partial charge in [-0.25, -0.2) is 8.42 Å². The van der Waals surface area contributed by atoms with Crippen molar-refractivity contribution in [2.24, 2.45) is 5.92 Å². The van der Waals surface area contributed by atoms with Crippen LogP contribution in [0.5, 0.6) is 0 Å². The van der Waals surface area contributed by atoms with Crippen LogP contribution in [0, 0.1) is 5.92 Å². The molecule has 35 heavy (non-hydrogen) atoms. The number of para-hydroxylation sites is 1. The zero-order valence-electron chi connectivity index (χ0n) is 19.6. The standard InChI is InChI=1S/C30H28N2O2S/c1-2-32(22-12-4-3-5-13-22)35(33,34)23-18-19-29-28(20-23)25-15-9-17-27(25)30(31-29)26-16-8-11-21-10-6-7-14-24(21)26/h3-16,18-20,25,27,30-31H,2,17H2,1H3. The molecule has 0 saturated carbocycles. The third-order valence-corrected chi connectivity index (χ3v) is 9.31. The van der Waals surface area contributed by atoms with Gasteiger partial charge in [0, 0.05) is 18.2 Å². The molecule has 0 amide bonds. The van der Waals surface area contributed by atoms with Crippen LogP contribution in [0.2, 0.25) is 0 Å². The summed E-state index contributed by atoms with van der Waals surface area (Å²) in [5, 5.41) is 6.29. The molecule has 1 N–H and O–H groups in total. The zero-order chi connectivity index (χ0) is 24.0. The number of sulfonamides is 1. The number of nitrogens with zero attached hydrogens (tertiary/aromatic N) is 1. The first-order valence-corrected chi connectivity index (χ1v) is 13.6. The largest absolute Gasteiger partial charge is 0.378 e. The van der Waals surface area contributed by atoms with Crippen molar-refractivity contribution in [1.82, 2.24) is 0 Å². The topological polar surface area (TPSA) is 49.4 Å². The van der Waals surface area contributed by atoms with E-state index in [9.17, 15) is 8.42 Å². The van der Waals surface area contributed by atoms with Crippen LogP contribution in [-0.2, 0) is 10.0 Å². The van der Waals surface area contributed by atoms with E-state index < -0.39 is 10.0 Å². The maximum atomic E-state index is 13.7. The number of hydrogen-bond donors (Lipinski definition) is 1. The Balaban J connectivity index is 1.41. The van der Waals surface area contributed by atoms with E-state index in [0.29, 0.717) is 23.0 Å². The van der Waals surface area contributed by atoms with E-state index in [1.54, 1.807) is 6.07 Å². The van der Waals surface area contributed by atoms with E-state index in [2.05, 4.69) is 59.9 Å². The molecule has 1 heterocycles. The average molecular weight is 481 g/mol. The highest BCUT2D eigenvalue weighted by Gasteiger charge is 2.39. The molecule has 3 atom stereocenters. The molecule has 2 aliphatic rings. The molecular weight excluding hydrogens is 452 g/mol. The lowest BCUT2D eigenvalue weighted by molar-refractivity contribution is 0.427. The number of rotatable bonds is 5. The Kier molecular flexibility index (Phi) is 5.37. The Morgan fingerprint density at radius 2 is 1.66 bits per heavy atom. The van der Waals surface area contributed by atoms with E-state index in [4.69, 9.17) is 0 Å². The van der Waals surface area contributed by atoms with Gasteiger partial charge in [-0.1, -0.05) is 72.8 Å². The highest BCUT2D eigenvalue weighted by Crippen LogP contribution is 2.51. The Hall–Kier alpha value is -3.57. The van der Waals surface area contributed by atoms with Gasteiger partial charge in [0.05, 0.1) is 16.6 Å². The lowest BCUT2D eigenvalue weighted by Gasteiger charge is -2.38. The lowest BCUT2D eigenvalue weighted by Crippen LogP contribution is -2.32. The number of nitrogens with one attached hydrogen (secondary N) is 1. The van der Waals surface area contributed by atoms with Crippen LogP contribution in [0.3, 0.4) is 0 Å². The van der Waals surface area contributed by atoms with Crippen LogP contribution in [0.15, 0.2) is 108 Å².